The molecular weight excluding hydrogens is 356 g/mol. The number of hydrogen-bond acceptors (Lipinski definition) is 5. The minimum atomic E-state index is -4.02. The number of carbonyl (C=O) groups is 1. The van der Waals surface area contributed by atoms with Crippen LogP contribution in [0, 0.1) is 0 Å². The quantitative estimate of drug-likeness (QED) is 0.707. The number of aromatic carboxylic acids is 1. The maximum absolute atomic E-state index is 12.3. The summed E-state index contributed by atoms with van der Waals surface area (Å²) in [5.41, 5.74) is 0.159. The minimum Gasteiger partial charge on any atom is -0.478 e. The van der Waals surface area contributed by atoms with Crippen LogP contribution in [-0.4, -0.2) is 34.2 Å². The number of hydrogen-bond donors (Lipinski definition) is 3. The van der Waals surface area contributed by atoms with Crippen LogP contribution in [-0.2, 0) is 20.0 Å². The fourth-order valence-electron chi connectivity index (χ4n) is 1.87. The van der Waals surface area contributed by atoms with Crippen LogP contribution in [0.5, 0.6) is 0 Å². The van der Waals surface area contributed by atoms with Gasteiger partial charge >= 0.3 is 5.97 Å². The molecule has 0 saturated carbocycles. The minimum absolute atomic E-state index is 0.129. The topological polar surface area (TPSA) is 130 Å². The number of anilines is 2. The lowest BCUT2D eigenvalue weighted by molar-refractivity contribution is 0.0696. The Morgan fingerprint density at radius 3 is 2.08 bits per heavy atom. The van der Waals surface area contributed by atoms with Crippen LogP contribution in [0.1, 0.15) is 10.4 Å². The summed E-state index contributed by atoms with van der Waals surface area (Å²) < 4.78 is 51.6. The highest BCUT2D eigenvalue weighted by atomic mass is 32.2. The molecule has 0 aliphatic carbocycles. The van der Waals surface area contributed by atoms with Gasteiger partial charge in [0.25, 0.3) is 10.0 Å². The molecule has 0 unspecified atom stereocenters. The Morgan fingerprint density at radius 2 is 1.50 bits per heavy atom. The highest BCUT2D eigenvalue weighted by molar-refractivity contribution is 7.92. The predicted octanol–water partition coefficient (Wildman–Crippen LogP) is 1.56. The van der Waals surface area contributed by atoms with Gasteiger partial charge in [-0.05, 0) is 36.4 Å². The Kier molecular flexibility index (Phi) is 4.81. The summed E-state index contributed by atoms with van der Waals surface area (Å²) >= 11 is 0. The maximum atomic E-state index is 12.3. The molecular formula is C14H14N2O6S2. The molecule has 128 valence electrons. The van der Waals surface area contributed by atoms with Crippen LogP contribution in [0.4, 0.5) is 11.4 Å². The fourth-order valence-corrected chi connectivity index (χ4v) is 3.52. The molecule has 0 bridgehead atoms. The molecule has 2 aromatic rings. The van der Waals surface area contributed by atoms with Gasteiger partial charge in [0, 0.05) is 0 Å². The SMILES string of the molecule is CS(=O)(=O)Nc1cccc(NS(=O)(=O)c2cccc(C(=O)O)c2)c1. The number of carboxylic acid groups (broad SMARTS) is 1. The van der Waals surface area contributed by atoms with Gasteiger partial charge in [-0.1, -0.05) is 12.1 Å². The molecule has 10 heteroatoms. The van der Waals surface area contributed by atoms with Gasteiger partial charge in [0.15, 0.2) is 0 Å². The highest BCUT2D eigenvalue weighted by Crippen LogP contribution is 2.20. The Labute approximate surface area is 139 Å². The van der Waals surface area contributed by atoms with Gasteiger partial charge in [0.05, 0.1) is 28.1 Å². The number of benzene rings is 2. The molecule has 0 fully saturated rings. The van der Waals surface area contributed by atoms with E-state index in [9.17, 15) is 21.6 Å². The second-order valence-electron chi connectivity index (χ2n) is 4.89. The second-order valence-corrected chi connectivity index (χ2v) is 8.32. The van der Waals surface area contributed by atoms with Crippen LogP contribution in [0.25, 0.3) is 0 Å². The molecule has 0 saturated heterocycles. The summed E-state index contributed by atoms with van der Waals surface area (Å²) in [6.45, 7) is 0. The van der Waals surface area contributed by atoms with Crippen LogP contribution < -0.4 is 9.44 Å². The van der Waals surface area contributed by atoms with Crippen molar-refractivity contribution in [2.45, 2.75) is 4.90 Å². The third kappa shape index (κ3) is 4.70. The average molecular weight is 370 g/mol. The van der Waals surface area contributed by atoms with Crippen LogP contribution in [0.3, 0.4) is 0 Å². The Hall–Kier alpha value is -2.59. The third-order valence-electron chi connectivity index (χ3n) is 2.81. The van der Waals surface area contributed by atoms with E-state index in [0.29, 0.717) is 0 Å². The van der Waals surface area contributed by atoms with Crippen LogP contribution >= 0.6 is 0 Å². The second kappa shape index (κ2) is 6.49. The molecule has 2 aromatic carbocycles. The van der Waals surface area contributed by atoms with Crippen molar-refractivity contribution in [3.05, 3.63) is 54.1 Å². The van der Waals surface area contributed by atoms with Crippen molar-refractivity contribution in [2.75, 3.05) is 15.7 Å². The van der Waals surface area contributed by atoms with E-state index < -0.39 is 26.0 Å². The van der Waals surface area contributed by atoms with Crippen molar-refractivity contribution >= 4 is 37.4 Å². The zero-order chi connectivity index (χ0) is 18.0. The summed E-state index contributed by atoms with van der Waals surface area (Å²) in [5.74, 6) is -1.24. The summed E-state index contributed by atoms with van der Waals surface area (Å²) in [6.07, 6.45) is 0.973. The van der Waals surface area contributed by atoms with E-state index in [2.05, 4.69) is 9.44 Å². The van der Waals surface area contributed by atoms with E-state index >= 15 is 0 Å². The first-order valence-electron chi connectivity index (χ1n) is 6.51. The summed E-state index contributed by atoms with van der Waals surface area (Å²) in [4.78, 5) is 10.7. The van der Waals surface area contributed by atoms with Gasteiger partial charge in [-0.15, -0.1) is 0 Å². The molecule has 0 aromatic heterocycles. The van der Waals surface area contributed by atoms with Crippen molar-refractivity contribution < 1.29 is 26.7 Å². The fraction of sp³-hybridized carbons (Fsp3) is 0.0714. The van der Waals surface area contributed by atoms with E-state index in [4.69, 9.17) is 5.11 Å². The number of carboxylic acids is 1. The average Bonchev–Trinajstić information content (AvgIpc) is 2.45. The maximum Gasteiger partial charge on any atom is 0.335 e. The third-order valence-corrected chi connectivity index (χ3v) is 4.79. The molecule has 0 aliphatic heterocycles. The van der Waals surface area contributed by atoms with E-state index in [0.717, 1.165) is 12.3 Å². The summed E-state index contributed by atoms with van der Waals surface area (Å²) in [6, 6.07) is 10.6. The van der Waals surface area contributed by atoms with E-state index in [1.165, 1.54) is 42.5 Å². The molecule has 3 N–H and O–H groups in total. The highest BCUT2D eigenvalue weighted by Gasteiger charge is 2.16. The van der Waals surface area contributed by atoms with Gasteiger partial charge in [0.1, 0.15) is 0 Å². The van der Waals surface area contributed by atoms with Gasteiger partial charge in [0.2, 0.25) is 10.0 Å². The molecule has 2 rings (SSSR count). The standard InChI is InChI=1S/C14H14N2O6S2/c1-23(19,20)15-11-5-3-6-12(9-11)16-24(21,22)13-7-2-4-10(8-13)14(17)18/h2-9,15-16H,1H3,(H,17,18). The first-order chi connectivity index (χ1) is 11.1. The number of nitrogens with one attached hydrogen (secondary N) is 2. The van der Waals surface area contributed by atoms with Crippen molar-refractivity contribution in [1.29, 1.82) is 0 Å². The smallest absolute Gasteiger partial charge is 0.335 e. The van der Waals surface area contributed by atoms with Gasteiger partial charge in [-0.3, -0.25) is 9.44 Å². The van der Waals surface area contributed by atoms with Crippen LogP contribution in [0.2, 0.25) is 0 Å². The molecule has 0 amide bonds. The number of sulfonamides is 2. The number of rotatable bonds is 6. The predicted molar refractivity (Wildman–Crippen MR) is 89.1 cm³/mol. The summed E-state index contributed by atoms with van der Waals surface area (Å²) in [7, 11) is -7.52. The van der Waals surface area contributed by atoms with Crippen molar-refractivity contribution in [1.82, 2.24) is 0 Å². The van der Waals surface area contributed by atoms with E-state index in [1.54, 1.807) is 0 Å². The Balaban J connectivity index is 2.31. The van der Waals surface area contributed by atoms with Gasteiger partial charge in [-0.2, -0.15) is 0 Å². The Morgan fingerprint density at radius 1 is 0.917 bits per heavy atom. The molecule has 0 aliphatic rings. The first kappa shape index (κ1) is 17.8. The van der Waals surface area contributed by atoms with E-state index in [-0.39, 0.29) is 21.8 Å². The summed E-state index contributed by atoms with van der Waals surface area (Å²) in [5, 5.41) is 8.93. The lowest BCUT2D eigenvalue weighted by atomic mass is 10.2. The molecule has 0 atom stereocenters. The van der Waals surface area contributed by atoms with Gasteiger partial charge in [-0.25, -0.2) is 21.6 Å². The molecule has 0 spiro atoms. The molecule has 8 nitrogen and oxygen atoms in total. The van der Waals surface area contributed by atoms with Crippen molar-refractivity contribution in [3.8, 4) is 0 Å². The van der Waals surface area contributed by atoms with Crippen molar-refractivity contribution in [2.24, 2.45) is 0 Å². The normalized spacial score (nSPS) is 11.7. The van der Waals surface area contributed by atoms with Gasteiger partial charge < -0.3 is 5.11 Å². The lowest BCUT2D eigenvalue weighted by Gasteiger charge is -2.10. The zero-order valence-electron chi connectivity index (χ0n) is 12.4. The largest absolute Gasteiger partial charge is 0.478 e. The molecule has 24 heavy (non-hydrogen) atoms. The van der Waals surface area contributed by atoms with Crippen LogP contribution in [0.15, 0.2) is 53.4 Å². The zero-order valence-corrected chi connectivity index (χ0v) is 14.1. The molecule has 0 radical (unpaired) electrons. The van der Waals surface area contributed by atoms with Crippen molar-refractivity contribution in [3.63, 3.8) is 0 Å². The lowest BCUT2D eigenvalue weighted by Crippen LogP contribution is -2.14. The van der Waals surface area contributed by atoms with E-state index in [1.807, 2.05) is 0 Å². The molecule has 0 heterocycles. The first-order valence-corrected chi connectivity index (χ1v) is 9.88. The monoisotopic (exact) mass is 370 g/mol. The Bertz CT molecular complexity index is 984.